The van der Waals surface area contributed by atoms with Gasteiger partial charge in [0.25, 0.3) is 5.91 Å². The lowest BCUT2D eigenvalue weighted by Crippen LogP contribution is -2.50. The van der Waals surface area contributed by atoms with Crippen LogP contribution in [-0.4, -0.2) is 84.3 Å². The van der Waals surface area contributed by atoms with Crippen LogP contribution in [0.5, 0.6) is 11.5 Å². The van der Waals surface area contributed by atoms with Crippen LogP contribution in [0.1, 0.15) is 42.6 Å². The van der Waals surface area contributed by atoms with Crippen LogP contribution in [0.3, 0.4) is 0 Å². The number of hydrogen-bond donors (Lipinski definition) is 1. The molecule has 41 heavy (non-hydrogen) atoms. The lowest BCUT2D eigenvalue weighted by atomic mass is 10.1. The molecule has 10 heteroatoms. The van der Waals surface area contributed by atoms with E-state index in [1.54, 1.807) is 37.6 Å². The number of piperazine rings is 1. The van der Waals surface area contributed by atoms with Gasteiger partial charge in [-0.2, -0.15) is 5.26 Å². The number of nitriles is 1. The molecule has 0 atom stereocenters. The summed E-state index contributed by atoms with van der Waals surface area (Å²) in [6.07, 6.45) is 3.33. The Morgan fingerprint density at radius 3 is 2.56 bits per heavy atom. The molecule has 1 N–H and O–H groups in total. The van der Waals surface area contributed by atoms with Gasteiger partial charge in [0.05, 0.1) is 37.1 Å². The number of ether oxygens (including phenoxy) is 3. The van der Waals surface area contributed by atoms with Crippen LogP contribution in [0.25, 0.3) is 11.3 Å². The second-order valence-electron chi connectivity index (χ2n) is 10.5. The van der Waals surface area contributed by atoms with Crippen LogP contribution in [0, 0.1) is 11.3 Å². The van der Waals surface area contributed by atoms with E-state index < -0.39 is 0 Å². The maximum Gasteiger partial charge on any atom is 0.257 e. The highest BCUT2D eigenvalue weighted by atomic mass is 16.5. The molecule has 2 fully saturated rings. The molecule has 2 aromatic carbocycles. The maximum absolute atomic E-state index is 13.3. The second kappa shape index (κ2) is 13.0. The topological polar surface area (TPSA) is 113 Å². The minimum atomic E-state index is -0.0346. The first-order valence-corrected chi connectivity index (χ1v) is 14.1. The van der Waals surface area contributed by atoms with Crippen molar-refractivity contribution in [1.29, 1.82) is 5.26 Å². The Morgan fingerprint density at radius 2 is 1.85 bits per heavy atom. The number of amides is 1. The predicted octanol–water partition coefficient (Wildman–Crippen LogP) is 4.49. The van der Waals surface area contributed by atoms with Gasteiger partial charge in [-0.1, -0.05) is 0 Å². The van der Waals surface area contributed by atoms with Gasteiger partial charge < -0.3 is 24.4 Å². The van der Waals surface area contributed by atoms with Gasteiger partial charge in [0.15, 0.2) is 0 Å². The summed E-state index contributed by atoms with van der Waals surface area (Å²) < 4.78 is 17.1. The van der Waals surface area contributed by atoms with Gasteiger partial charge in [-0.3, -0.25) is 9.69 Å². The van der Waals surface area contributed by atoms with Crippen molar-refractivity contribution >= 4 is 17.5 Å². The fourth-order valence-corrected chi connectivity index (χ4v) is 5.12. The van der Waals surface area contributed by atoms with Gasteiger partial charge in [-0.25, -0.2) is 9.97 Å². The molecule has 1 amide bonds. The number of hydrogen-bond acceptors (Lipinski definition) is 9. The Hall–Kier alpha value is -4.20. The number of carbonyl (C=O) groups is 1. The zero-order valence-corrected chi connectivity index (χ0v) is 23.8. The molecule has 10 nitrogen and oxygen atoms in total. The third-order valence-corrected chi connectivity index (χ3v) is 7.53. The number of benzene rings is 2. The molecule has 2 aliphatic rings. The van der Waals surface area contributed by atoms with Crippen molar-refractivity contribution in [3.05, 3.63) is 59.8 Å². The van der Waals surface area contributed by atoms with Crippen LogP contribution in [0.4, 0.5) is 11.6 Å². The van der Waals surface area contributed by atoms with E-state index in [4.69, 9.17) is 14.2 Å². The van der Waals surface area contributed by atoms with Gasteiger partial charge in [0, 0.05) is 68.6 Å². The molecule has 214 valence electrons. The Morgan fingerprint density at radius 1 is 1.07 bits per heavy atom. The molecule has 0 bridgehead atoms. The summed E-state index contributed by atoms with van der Waals surface area (Å²) in [5, 5.41) is 13.0. The Kier molecular flexibility index (Phi) is 8.97. The molecular weight excluding hydrogens is 520 g/mol. The van der Waals surface area contributed by atoms with E-state index in [1.807, 2.05) is 23.1 Å². The fourth-order valence-electron chi connectivity index (χ4n) is 5.12. The monoisotopic (exact) mass is 556 g/mol. The molecule has 2 saturated heterocycles. The summed E-state index contributed by atoms with van der Waals surface area (Å²) in [6.45, 7) is 8.79. The zero-order valence-electron chi connectivity index (χ0n) is 23.8. The summed E-state index contributed by atoms with van der Waals surface area (Å²) in [4.78, 5) is 26.5. The molecule has 3 aromatic rings. The SMILES string of the molecule is COc1cc(Nc2nccc(-c3ccc(OC4CCOCC4)c(C#N)c3)n2)ccc1C(=O)N1CCN(C(C)C)CC1. The lowest BCUT2D eigenvalue weighted by Gasteiger charge is -2.37. The van der Waals surface area contributed by atoms with Gasteiger partial charge in [0.2, 0.25) is 5.95 Å². The van der Waals surface area contributed by atoms with E-state index in [2.05, 4.69) is 40.1 Å². The number of nitrogens with zero attached hydrogens (tertiary/aromatic N) is 5. The molecule has 0 spiro atoms. The summed E-state index contributed by atoms with van der Waals surface area (Å²) in [5.74, 6) is 1.40. The minimum Gasteiger partial charge on any atom is -0.496 e. The summed E-state index contributed by atoms with van der Waals surface area (Å²) in [7, 11) is 1.56. The number of carbonyl (C=O) groups excluding carboxylic acids is 1. The molecule has 0 saturated carbocycles. The number of rotatable bonds is 8. The highest BCUT2D eigenvalue weighted by molar-refractivity contribution is 5.97. The Labute approximate surface area is 240 Å². The highest BCUT2D eigenvalue weighted by Gasteiger charge is 2.25. The van der Waals surface area contributed by atoms with Crippen LogP contribution in [0.2, 0.25) is 0 Å². The highest BCUT2D eigenvalue weighted by Crippen LogP contribution is 2.30. The Bertz CT molecular complexity index is 1410. The summed E-state index contributed by atoms with van der Waals surface area (Å²) in [6, 6.07) is 15.4. The van der Waals surface area contributed by atoms with Gasteiger partial charge in [-0.05, 0) is 50.2 Å². The van der Waals surface area contributed by atoms with E-state index in [-0.39, 0.29) is 12.0 Å². The zero-order chi connectivity index (χ0) is 28.8. The normalized spacial score (nSPS) is 16.3. The van der Waals surface area contributed by atoms with Crippen LogP contribution in [0.15, 0.2) is 48.7 Å². The maximum atomic E-state index is 13.3. The van der Waals surface area contributed by atoms with Crippen molar-refractivity contribution in [1.82, 2.24) is 19.8 Å². The van der Waals surface area contributed by atoms with Gasteiger partial charge >= 0.3 is 0 Å². The standard InChI is InChI=1S/C31H36N6O4/c1-21(2)36-12-14-37(15-13-36)30(38)26-6-5-24(19-29(26)39-3)34-31-33-11-8-27(35-31)22-4-7-28(23(18-22)20-32)41-25-9-16-40-17-10-25/h4-8,11,18-19,21,25H,9-10,12-17H2,1-3H3,(H,33,34,35). The van der Waals surface area contributed by atoms with Crippen molar-refractivity contribution in [3.8, 4) is 28.8 Å². The number of anilines is 2. The molecule has 0 unspecified atom stereocenters. The molecule has 3 heterocycles. The van der Waals surface area contributed by atoms with Crippen molar-refractivity contribution in [3.63, 3.8) is 0 Å². The van der Waals surface area contributed by atoms with E-state index in [1.165, 1.54) is 0 Å². The molecule has 1 aromatic heterocycles. The first-order valence-electron chi connectivity index (χ1n) is 14.1. The predicted molar refractivity (Wildman–Crippen MR) is 156 cm³/mol. The second-order valence-corrected chi connectivity index (χ2v) is 10.5. The number of methoxy groups -OCH3 is 1. The van der Waals surface area contributed by atoms with E-state index in [0.717, 1.165) is 31.5 Å². The third-order valence-electron chi connectivity index (χ3n) is 7.53. The third kappa shape index (κ3) is 6.76. The molecule has 0 aliphatic carbocycles. The summed E-state index contributed by atoms with van der Waals surface area (Å²) in [5.41, 5.74) is 3.12. The van der Waals surface area contributed by atoms with Gasteiger partial charge in [0.1, 0.15) is 23.7 Å². The summed E-state index contributed by atoms with van der Waals surface area (Å²) >= 11 is 0. The lowest BCUT2D eigenvalue weighted by molar-refractivity contribution is 0.0254. The molecule has 0 radical (unpaired) electrons. The fraction of sp³-hybridized carbons (Fsp3) is 0.419. The largest absolute Gasteiger partial charge is 0.496 e. The Balaban J connectivity index is 1.29. The molecule has 2 aliphatic heterocycles. The minimum absolute atomic E-state index is 0.0346. The van der Waals surface area contributed by atoms with Crippen LogP contribution >= 0.6 is 0 Å². The van der Waals surface area contributed by atoms with Crippen molar-refractivity contribution in [2.24, 2.45) is 0 Å². The smallest absolute Gasteiger partial charge is 0.257 e. The first kappa shape index (κ1) is 28.3. The van der Waals surface area contributed by atoms with Crippen molar-refractivity contribution in [2.75, 3.05) is 51.8 Å². The van der Waals surface area contributed by atoms with E-state index >= 15 is 0 Å². The average Bonchev–Trinajstić information content (AvgIpc) is 3.01. The van der Waals surface area contributed by atoms with Crippen LogP contribution in [-0.2, 0) is 4.74 Å². The van der Waals surface area contributed by atoms with Crippen molar-refractivity contribution < 1.29 is 19.0 Å². The van der Waals surface area contributed by atoms with E-state index in [9.17, 15) is 10.1 Å². The first-order chi connectivity index (χ1) is 19.9. The van der Waals surface area contributed by atoms with Crippen LogP contribution < -0.4 is 14.8 Å². The molecular formula is C31H36N6O4. The van der Waals surface area contributed by atoms with E-state index in [0.29, 0.717) is 72.3 Å². The quantitative estimate of drug-likeness (QED) is 0.429. The molecule has 5 rings (SSSR count). The average molecular weight is 557 g/mol. The van der Waals surface area contributed by atoms with Crippen molar-refractivity contribution in [2.45, 2.75) is 38.8 Å². The number of aromatic nitrogens is 2. The number of nitrogens with one attached hydrogen (secondary N) is 1. The van der Waals surface area contributed by atoms with Gasteiger partial charge in [-0.15, -0.1) is 0 Å².